The number of amides is 3. The molecule has 0 saturated carbocycles. The summed E-state index contributed by atoms with van der Waals surface area (Å²) in [5.74, 6) is -0.730. The molecule has 1 aliphatic heterocycles. The molecule has 3 amide bonds. The molecule has 0 radical (unpaired) electrons. The normalized spacial score (nSPS) is 14.9. The van der Waals surface area contributed by atoms with Gasteiger partial charge in [-0.1, -0.05) is 30.3 Å². The van der Waals surface area contributed by atoms with Crippen molar-refractivity contribution in [3.05, 3.63) is 77.2 Å². The number of ether oxygens (including phenoxy) is 1. The zero-order valence-corrected chi connectivity index (χ0v) is 21.5. The van der Waals surface area contributed by atoms with Gasteiger partial charge >= 0.3 is 12.0 Å². The molecule has 2 heterocycles. The maximum atomic E-state index is 13.7. The topological polar surface area (TPSA) is 129 Å². The van der Waals surface area contributed by atoms with E-state index in [0.29, 0.717) is 34.9 Å². The first-order valence-electron chi connectivity index (χ1n) is 12.3. The summed E-state index contributed by atoms with van der Waals surface area (Å²) < 4.78 is 5.28. The van der Waals surface area contributed by atoms with Crippen LogP contribution in [0.4, 0.5) is 10.5 Å². The first kappa shape index (κ1) is 26.3. The first-order chi connectivity index (χ1) is 18.3. The van der Waals surface area contributed by atoms with Crippen molar-refractivity contribution in [3.63, 3.8) is 0 Å². The van der Waals surface area contributed by atoms with E-state index in [1.165, 1.54) is 0 Å². The highest BCUT2D eigenvalue weighted by Crippen LogP contribution is 2.26. The Bertz CT molecular complexity index is 1380. The number of anilines is 1. The van der Waals surface area contributed by atoms with Gasteiger partial charge in [-0.3, -0.25) is 4.79 Å². The highest BCUT2D eigenvalue weighted by atomic mass is 16.5. The van der Waals surface area contributed by atoms with Gasteiger partial charge in [0.15, 0.2) is 0 Å². The number of hydrogen-bond donors (Lipinski definition) is 1. The molecule has 38 heavy (non-hydrogen) atoms. The van der Waals surface area contributed by atoms with Crippen LogP contribution >= 0.6 is 0 Å². The molecule has 4 rings (SSSR count). The zero-order valence-electron chi connectivity index (χ0n) is 21.5. The zero-order chi connectivity index (χ0) is 27.2. The van der Waals surface area contributed by atoms with Crippen molar-refractivity contribution in [3.8, 4) is 17.3 Å². The van der Waals surface area contributed by atoms with E-state index in [1.807, 2.05) is 43.3 Å². The van der Waals surface area contributed by atoms with Gasteiger partial charge in [0.2, 0.25) is 0 Å². The molecular formula is C28H28N6O4. The number of nitrogens with zero attached hydrogens (tertiary/aromatic N) is 5. The highest BCUT2D eigenvalue weighted by Gasteiger charge is 2.34. The van der Waals surface area contributed by atoms with Crippen LogP contribution in [0.2, 0.25) is 0 Å². The highest BCUT2D eigenvalue weighted by molar-refractivity contribution is 6.07. The van der Waals surface area contributed by atoms with Gasteiger partial charge in [0.05, 0.1) is 23.9 Å². The Morgan fingerprint density at radius 3 is 2.42 bits per heavy atom. The largest absolute Gasteiger partial charge is 0.462 e. The number of hydrogen-bond acceptors (Lipinski definition) is 7. The minimum Gasteiger partial charge on any atom is -0.462 e. The lowest BCUT2D eigenvalue weighted by atomic mass is 10.0. The fourth-order valence-electron chi connectivity index (χ4n) is 4.35. The molecule has 10 nitrogen and oxygen atoms in total. The van der Waals surface area contributed by atoms with Crippen molar-refractivity contribution < 1.29 is 19.1 Å². The number of nitriles is 1. The van der Waals surface area contributed by atoms with Crippen molar-refractivity contribution in [1.82, 2.24) is 19.8 Å². The molecule has 1 unspecified atom stereocenters. The van der Waals surface area contributed by atoms with E-state index in [1.54, 1.807) is 47.9 Å². The molecule has 0 bridgehead atoms. The lowest BCUT2D eigenvalue weighted by Crippen LogP contribution is -2.56. The Kier molecular flexibility index (Phi) is 7.97. The van der Waals surface area contributed by atoms with Crippen molar-refractivity contribution in [2.75, 3.05) is 31.6 Å². The average molecular weight is 513 g/mol. The van der Waals surface area contributed by atoms with Gasteiger partial charge in [0.25, 0.3) is 5.91 Å². The van der Waals surface area contributed by atoms with Crippen LogP contribution < -0.4 is 5.32 Å². The Hall–Kier alpha value is -4.78. The van der Waals surface area contributed by atoms with Crippen LogP contribution in [-0.2, 0) is 4.74 Å². The maximum absolute atomic E-state index is 13.7. The van der Waals surface area contributed by atoms with Crippen LogP contribution in [0.5, 0.6) is 0 Å². The summed E-state index contributed by atoms with van der Waals surface area (Å²) in [6.45, 7) is 6.16. The molecular weight excluding hydrogens is 484 g/mol. The summed E-state index contributed by atoms with van der Waals surface area (Å²) in [6, 6.07) is 17.2. The van der Waals surface area contributed by atoms with Crippen molar-refractivity contribution in [2.45, 2.75) is 26.8 Å². The van der Waals surface area contributed by atoms with E-state index in [2.05, 4.69) is 15.3 Å². The lowest BCUT2D eigenvalue weighted by molar-refractivity contribution is 0.0505. The molecule has 2 aromatic carbocycles. The molecule has 1 atom stereocenters. The summed E-state index contributed by atoms with van der Waals surface area (Å²) in [5.41, 5.74) is 2.10. The number of aryl methyl sites for hydroxylation is 1. The van der Waals surface area contributed by atoms with Crippen molar-refractivity contribution in [1.29, 1.82) is 5.26 Å². The third kappa shape index (κ3) is 5.62. The Balaban J connectivity index is 1.56. The minimum absolute atomic E-state index is 0.0162. The van der Waals surface area contributed by atoms with Gasteiger partial charge in [0, 0.05) is 36.9 Å². The van der Waals surface area contributed by atoms with Crippen LogP contribution in [0, 0.1) is 18.3 Å². The Morgan fingerprint density at radius 2 is 1.79 bits per heavy atom. The average Bonchev–Trinajstić information content (AvgIpc) is 2.93. The molecule has 1 aliphatic rings. The van der Waals surface area contributed by atoms with Gasteiger partial charge in [0.1, 0.15) is 17.1 Å². The maximum Gasteiger partial charge on any atom is 0.342 e. The molecule has 1 aromatic heterocycles. The quantitative estimate of drug-likeness (QED) is 0.514. The standard InChI is InChI=1S/C28H28N6O4/c1-4-38-27(36)23-24(21-8-6-5-7-9-21)30-19(3)31-25(23)26(35)33-14-15-34(18(2)17-33)28(37)32-22-12-10-20(16-29)11-13-22/h5-13,18H,4,14-15,17H2,1-3H3,(H,32,37). The van der Waals surface area contributed by atoms with Crippen LogP contribution in [0.25, 0.3) is 11.3 Å². The van der Waals surface area contributed by atoms with Gasteiger partial charge in [-0.15, -0.1) is 0 Å². The van der Waals surface area contributed by atoms with Gasteiger partial charge < -0.3 is 19.9 Å². The van der Waals surface area contributed by atoms with Gasteiger partial charge in [-0.05, 0) is 45.0 Å². The molecule has 0 aliphatic carbocycles. The Morgan fingerprint density at radius 1 is 1.08 bits per heavy atom. The number of nitrogens with one attached hydrogen (secondary N) is 1. The number of piperazine rings is 1. The van der Waals surface area contributed by atoms with Crippen molar-refractivity contribution in [2.24, 2.45) is 0 Å². The number of benzene rings is 2. The lowest BCUT2D eigenvalue weighted by Gasteiger charge is -2.39. The first-order valence-corrected chi connectivity index (χ1v) is 12.3. The smallest absolute Gasteiger partial charge is 0.342 e. The van der Waals surface area contributed by atoms with Gasteiger partial charge in [-0.2, -0.15) is 5.26 Å². The second-order valence-electron chi connectivity index (χ2n) is 8.84. The van der Waals surface area contributed by atoms with Crippen LogP contribution in [0.1, 0.15) is 46.1 Å². The molecule has 1 N–H and O–H groups in total. The van der Waals surface area contributed by atoms with Crippen LogP contribution in [0.3, 0.4) is 0 Å². The predicted octanol–water partition coefficient (Wildman–Crippen LogP) is 3.88. The van der Waals surface area contributed by atoms with E-state index < -0.39 is 11.9 Å². The van der Waals surface area contributed by atoms with E-state index in [-0.39, 0.29) is 43.0 Å². The van der Waals surface area contributed by atoms with Crippen LogP contribution in [-0.4, -0.2) is 70.0 Å². The number of esters is 1. The summed E-state index contributed by atoms with van der Waals surface area (Å²) in [7, 11) is 0. The van der Waals surface area contributed by atoms with Crippen molar-refractivity contribution >= 4 is 23.6 Å². The second kappa shape index (κ2) is 11.5. The second-order valence-corrected chi connectivity index (χ2v) is 8.84. The van der Waals surface area contributed by atoms with E-state index in [4.69, 9.17) is 10.00 Å². The molecule has 10 heteroatoms. The summed E-state index contributed by atoms with van der Waals surface area (Å²) in [5, 5.41) is 11.8. The molecule has 1 fully saturated rings. The molecule has 0 spiro atoms. The molecule has 3 aromatic rings. The third-order valence-corrected chi connectivity index (χ3v) is 6.19. The predicted molar refractivity (Wildman–Crippen MR) is 140 cm³/mol. The number of aromatic nitrogens is 2. The summed E-state index contributed by atoms with van der Waals surface area (Å²) >= 11 is 0. The fraction of sp³-hybridized carbons (Fsp3) is 0.286. The fourth-order valence-corrected chi connectivity index (χ4v) is 4.35. The Labute approximate surface area is 220 Å². The number of urea groups is 1. The SMILES string of the molecule is CCOC(=O)c1c(C(=O)N2CCN(C(=O)Nc3ccc(C#N)cc3)C(C)C2)nc(C)nc1-c1ccccc1. The number of carbonyl (C=O) groups excluding carboxylic acids is 3. The summed E-state index contributed by atoms with van der Waals surface area (Å²) in [4.78, 5) is 51.7. The number of carbonyl (C=O) groups is 3. The van der Waals surface area contributed by atoms with Gasteiger partial charge in [-0.25, -0.2) is 19.6 Å². The van der Waals surface area contributed by atoms with Crippen LogP contribution in [0.15, 0.2) is 54.6 Å². The van der Waals surface area contributed by atoms with E-state index >= 15 is 0 Å². The van der Waals surface area contributed by atoms with E-state index in [9.17, 15) is 14.4 Å². The third-order valence-electron chi connectivity index (χ3n) is 6.19. The monoisotopic (exact) mass is 512 g/mol. The molecule has 194 valence electrons. The minimum atomic E-state index is -0.664. The molecule has 1 saturated heterocycles. The van der Waals surface area contributed by atoms with E-state index in [0.717, 1.165) is 0 Å². The number of rotatable bonds is 5. The summed E-state index contributed by atoms with van der Waals surface area (Å²) in [6.07, 6.45) is 0.